The maximum absolute atomic E-state index is 14.2. The molecule has 176 valence electrons. The summed E-state index contributed by atoms with van der Waals surface area (Å²) in [6.07, 6.45) is 0.0210. The molecule has 1 amide bonds. The topological polar surface area (TPSA) is 92.2 Å². The van der Waals surface area contributed by atoms with Crippen LogP contribution < -0.4 is 4.90 Å². The second-order valence-electron chi connectivity index (χ2n) is 7.86. The van der Waals surface area contributed by atoms with Gasteiger partial charge in [0.15, 0.2) is 0 Å². The number of hydrogen-bond acceptors (Lipinski definition) is 6. The number of amides is 1. The molecule has 4 aromatic rings. The lowest BCUT2D eigenvalue weighted by molar-refractivity contribution is 0.0981. The molecule has 1 aromatic heterocycles. The number of aryl methyl sites for hydroxylation is 1. The first-order valence-electron chi connectivity index (χ1n) is 11.0. The van der Waals surface area contributed by atoms with Gasteiger partial charge in [0.25, 0.3) is 17.7 Å². The smallest absolute Gasteiger partial charge is 0.273 e. The van der Waals surface area contributed by atoms with E-state index in [1.165, 1.54) is 18.2 Å². The first kappa shape index (κ1) is 23.8. The number of methoxy groups -OCH3 is 1. The summed E-state index contributed by atoms with van der Waals surface area (Å²) in [7, 11) is 1.63. The van der Waals surface area contributed by atoms with E-state index in [1.807, 2.05) is 49.4 Å². The fraction of sp³-hybridized carbons (Fsp3) is 0.185. The number of aromatic nitrogens is 2. The summed E-state index contributed by atoms with van der Waals surface area (Å²) in [6, 6.07) is 21.4. The van der Waals surface area contributed by atoms with Crippen LogP contribution in [0.2, 0.25) is 0 Å². The third-order valence-electron chi connectivity index (χ3n) is 5.54. The molecule has 7 nitrogen and oxygen atoms in total. The fourth-order valence-corrected chi connectivity index (χ4v) is 3.82. The lowest BCUT2D eigenvalue weighted by atomic mass is 9.95. The summed E-state index contributed by atoms with van der Waals surface area (Å²) in [5.74, 6) is -1.17. The third kappa shape index (κ3) is 5.10. The van der Waals surface area contributed by atoms with Crippen LogP contribution in [0.1, 0.15) is 27.9 Å². The molecule has 0 saturated carbocycles. The number of nitrogens with zero attached hydrogens (tertiary/aromatic N) is 4. The number of rotatable bonds is 8. The van der Waals surface area contributed by atoms with Gasteiger partial charge in [0.2, 0.25) is 0 Å². The van der Waals surface area contributed by atoms with Crippen molar-refractivity contribution < 1.29 is 18.4 Å². The van der Waals surface area contributed by atoms with Crippen LogP contribution in [0.4, 0.5) is 10.3 Å². The Morgan fingerprint density at radius 1 is 1.11 bits per heavy atom. The van der Waals surface area contributed by atoms with E-state index in [0.717, 1.165) is 27.2 Å². The van der Waals surface area contributed by atoms with Crippen molar-refractivity contribution in [1.82, 2.24) is 10.1 Å². The SMILES string of the molecule is COCc1cc(-c2nc(N(CCC#N)C(=O)c3ccccc3F)no2)ccc1-c1ccccc1C. The van der Waals surface area contributed by atoms with Crippen molar-refractivity contribution in [3.8, 4) is 28.7 Å². The van der Waals surface area contributed by atoms with Crippen molar-refractivity contribution in [2.45, 2.75) is 20.0 Å². The molecule has 0 atom stereocenters. The van der Waals surface area contributed by atoms with E-state index in [-0.39, 0.29) is 30.4 Å². The average Bonchev–Trinajstić information content (AvgIpc) is 3.35. The Hall–Kier alpha value is -4.35. The van der Waals surface area contributed by atoms with Crippen molar-refractivity contribution in [1.29, 1.82) is 5.26 Å². The van der Waals surface area contributed by atoms with E-state index >= 15 is 0 Å². The van der Waals surface area contributed by atoms with Gasteiger partial charge in [0.1, 0.15) is 5.82 Å². The Labute approximate surface area is 202 Å². The molecule has 8 heteroatoms. The van der Waals surface area contributed by atoms with Gasteiger partial charge in [-0.2, -0.15) is 10.2 Å². The van der Waals surface area contributed by atoms with Crippen molar-refractivity contribution in [2.75, 3.05) is 18.6 Å². The van der Waals surface area contributed by atoms with Gasteiger partial charge in [-0.3, -0.25) is 9.69 Å². The minimum absolute atomic E-state index is 0.0101. The van der Waals surface area contributed by atoms with E-state index < -0.39 is 11.7 Å². The lowest BCUT2D eigenvalue weighted by Crippen LogP contribution is -2.33. The number of carbonyl (C=O) groups is 1. The average molecular weight is 471 g/mol. The number of nitriles is 1. The van der Waals surface area contributed by atoms with Crippen molar-refractivity contribution in [3.05, 3.63) is 89.2 Å². The van der Waals surface area contributed by atoms with Crippen molar-refractivity contribution >= 4 is 11.9 Å². The first-order valence-corrected chi connectivity index (χ1v) is 11.0. The van der Waals surface area contributed by atoms with Crippen molar-refractivity contribution in [2.24, 2.45) is 0 Å². The summed E-state index contributed by atoms with van der Waals surface area (Å²) in [5, 5.41) is 13.0. The van der Waals surface area contributed by atoms with Crippen LogP contribution in [0.25, 0.3) is 22.6 Å². The Bertz CT molecular complexity index is 1390. The maximum Gasteiger partial charge on any atom is 0.273 e. The third-order valence-corrected chi connectivity index (χ3v) is 5.54. The van der Waals surface area contributed by atoms with Gasteiger partial charge in [-0.05, 0) is 58.6 Å². The van der Waals surface area contributed by atoms with Gasteiger partial charge in [-0.1, -0.05) is 42.5 Å². The molecule has 0 bridgehead atoms. The molecule has 0 saturated heterocycles. The fourth-order valence-electron chi connectivity index (χ4n) is 3.82. The summed E-state index contributed by atoms with van der Waals surface area (Å²) in [5.41, 5.74) is 4.70. The number of hydrogen-bond donors (Lipinski definition) is 0. The van der Waals surface area contributed by atoms with E-state index in [4.69, 9.17) is 14.5 Å². The van der Waals surface area contributed by atoms with Crippen LogP contribution >= 0.6 is 0 Å². The molecule has 1 heterocycles. The van der Waals surface area contributed by atoms with Gasteiger partial charge in [-0.25, -0.2) is 4.39 Å². The summed E-state index contributed by atoms with van der Waals surface area (Å²) < 4.78 is 25.1. The zero-order valence-electron chi connectivity index (χ0n) is 19.4. The molecule has 0 aliphatic carbocycles. The summed E-state index contributed by atoms with van der Waals surface area (Å²) in [4.78, 5) is 18.6. The molecule has 4 rings (SSSR count). The first-order chi connectivity index (χ1) is 17.0. The van der Waals surface area contributed by atoms with E-state index in [0.29, 0.717) is 12.2 Å². The highest BCUT2D eigenvalue weighted by molar-refractivity contribution is 6.05. The Balaban J connectivity index is 1.70. The standard InChI is InChI=1S/C27H23FN4O3/c1-18-8-3-4-9-21(18)22-13-12-19(16-20(22)17-34-2)25-30-27(31-35-25)32(15-7-14-29)26(33)23-10-5-6-11-24(23)28/h3-6,8-13,16H,7,15,17H2,1-2H3. The molecular weight excluding hydrogens is 447 g/mol. The van der Waals surface area contributed by atoms with Crippen LogP contribution in [0.3, 0.4) is 0 Å². The molecule has 3 aromatic carbocycles. The number of benzene rings is 3. The van der Waals surface area contributed by atoms with Crippen LogP contribution in [-0.2, 0) is 11.3 Å². The van der Waals surface area contributed by atoms with Gasteiger partial charge in [0.05, 0.1) is 24.7 Å². The minimum atomic E-state index is -0.667. The van der Waals surface area contributed by atoms with Crippen LogP contribution in [0.5, 0.6) is 0 Å². The quantitative estimate of drug-likeness (QED) is 0.335. The Kier molecular flexibility index (Phi) is 7.29. The largest absolute Gasteiger partial charge is 0.380 e. The van der Waals surface area contributed by atoms with Gasteiger partial charge in [0, 0.05) is 19.2 Å². The second kappa shape index (κ2) is 10.7. The predicted molar refractivity (Wildman–Crippen MR) is 129 cm³/mol. The van der Waals surface area contributed by atoms with Crippen molar-refractivity contribution in [3.63, 3.8) is 0 Å². The highest BCUT2D eigenvalue weighted by atomic mass is 19.1. The van der Waals surface area contributed by atoms with E-state index in [1.54, 1.807) is 13.2 Å². The lowest BCUT2D eigenvalue weighted by Gasteiger charge is -2.17. The summed E-state index contributed by atoms with van der Waals surface area (Å²) >= 11 is 0. The number of halogens is 1. The zero-order chi connectivity index (χ0) is 24.8. The minimum Gasteiger partial charge on any atom is -0.380 e. The molecule has 0 aliphatic rings. The van der Waals surface area contributed by atoms with Crippen LogP contribution in [-0.4, -0.2) is 29.7 Å². The number of ether oxygens (including phenoxy) is 1. The predicted octanol–water partition coefficient (Wildman–Crippen LogP) is 5.56. The number of anilines is 1. The summed E-state index contributed by atoms with van der Waals surface area (Å²) in [6.45, 7) is 2.41. The highest BCUT2D eigenvalue weighted by Gasteiger charge is 2.25. The molecule has 0 aliphatic heterocycles. The second-order valence-corrected chi connectivity index (χ2v) is 7.86. The normalized spacial score (nSPS) is 10.7. The molecular formula is C27H23FN4O3. The molecule has 0 spiro atoms. The van der Waals surface area contributed by atoms with Crippen LogP contribution in [0, 0.1) is 24.1 Å². The zero-order valence-corrected chi connectivity index (χ0v) is 19.4. The molecule has 0 fully saturated rings. The van der Waals surface area contributed by atoms with Crippen LogP contribution in [0.15, 0.2) is 71.3 Å². The molecule has 0 unspecified atom stereocenters. The van der Waals surface area contributed by atoms with Gasteiger partial charge < -0.3 is 9.26 Å². The monoisotopic (exact) mass is 470 g/mol. The Morgan fingerprint density at radius 3 is 2.63 bits per heavy atom. The Morgan fingerprint density at radius 2 is 1.89 bits per heavy atom. The van der Waals surface area contributed by atoms with Gasteiger partial charge >= 0.3 is 0 Å². The van der Waals surface area contributed by atoms with E-state index in [2.05, 4.69) is 16.2 Å². The molecule has 0 N–H and O–H groups in total. The maximum atomic E-state index is 14.2. The van der Waals surface area contributed by atoms with E-state index in [9.17, 15) is 9.18 Å². The van der Waals surface area contributed by atoms with Gasteiger partial charge in [-0.15, -0.1) is 0 Å². The highest BCUT2D eigenvalue weighted by Crippen LogP contribution is 2.31. The number of carbonyl (C=O) groups excluding carboxylic acids is 1. The molecule has 0 radical (unpaired) electrons. The molecule has 35 heavy (non-hydrogen) atoms.